The Balaban J connectivity index is 0.00000281. The predicted molar refractivity (Wildman–Crippen MR) is 147 cm³/mol. The third-order valence-electron chi connectivity index (χ3n) is 6.01. The molecule has 2 aromatic rings. The summed E-state index contributed by atoms with van der Waals surface area (Å²) in [6.45, 7) is 18.6. The molecule has 0 fully saturated rings. The first-order valence-electron chi connectivity index (χ1n) is 11.7. The van der Waals surface area contributed by atoms with E-state index in [9.17, 15) is 9.50 Å². The summed E-state index contributed by atoms with van der Waals surface area (Å²) in [7, 11) is 0.231. The summed E-state index contributed by atoms with van der Waals surface area (Å²) in [5, 5.41) is 11.6. The van der Waals surface area contributed by atoms with Gasteiger partial charge in [-0.25, -0.2) is 4.39 Å². The number of ether oxygens (including phenoxy) is 1. The van der Waals surface area contributed by atoms with E-state index >= 15 is 0 Å². The highest BCUT2D eigenvalue weighted by molar-refractivity contribution is 8.29. The number of methoxy groups -OCH3 is 1. The molecule has 0 saturated heterocycles. The maximum atomic E-state index is 14.9. The van der Waals surface area contributed by atoms with Crippen molar-refractivity contribution in [3.8, 4) is 16.9 Å². The number of aliphatic hydroxyl groups is 1. The lowest BCUT2D eigenvalue weighted by Crippen LogP contribution is -2.26. The molecule has 1 N–H and O–H groups in total. The first kappa shape index (κ1) is 30.0. The van der Waals surface area contributed by atoms with Crippen LogP contribution in [0.3, 0.4) is 0 Å². The molecule has 0 aliphatic rings. The molecule has 190 valence electrons. The van der Waals surface area contributed by atoms with Gasteiger partial charge in [-0.05, 0) is 66.3 Å². The molecular weight excluding hydrogens is 447 g/mol. The Bertz CT molecular complexity index is 950. The highest BCUT2D eigenvalue weighted by Gasteiger charge is 2.32. The van der Waals surface area contributed by atoms with Crippen LogP contribution in [-0.2, 0) is 16.4 Å². The Morgan fingerprint density at radius 2 is 1.56 bits per heavy atom. The van der Waals surface area contributed by atoms with Gasteiger partial charge in [-0.3, -0.25) is 0 Å². The van der Waals surface area contributed by atoms with Crippen LogP contribution in [0.5, 0.6) is 5.75 Å². The summed E-state index contributed by atoms with van der Waals surface area (Å²) in [5.41, 5.74) is 1.26. The largest absolute Gasteiger partial charge is 0.497 e. The van der Waals surface area contributed by atoms with Gasteiger partial charge in [0.1, 0.15) is 11.6 Å². The summed E-state index contributed by atoms with van der Waals surface area (Å²) < 4.78 is 26.5. The van der Waals surface area contributed by atoms with E-state index in [1.165, 1.54) is 6.07 Å². The molecule has 5 heteroatoms. The van der Waals surface area contributed by atoms with Gasteiger partial charge < -0.3 is 14.0 Å². The second-order valence-corrected chi connectivity index (χ2v) is 13.3. The van der Waals surface area contributed by atoms with E-state index in [1.807, 2.05) is 32.0 Å². The smallest absolute Gasteiger partial charge is 0.131 e. The molecule has 0 aliphatic carbocycles. The standard InChI is InChI=1S/C27H37FO3S.C2H6/c1-9-15-27(29,16-10-2)24-17-20(19-31-32(7,8)26(3,4)5)11-13-22(24)23-18-21(30-6)12-14-25(23)28;1-2/h9-14,17-18,29H,1-2,15-16,19H2,3-8H3;1-2H3. The van der Waals surface area contributed by atoms with E-state index < -0.39 is 15.9 Å². The zero-order valence-corrected chi connectivity index (χ0v) is 23.0. The fraction of sp³-hybridized carbons (Fsp3) is 0.448. The van der Waals surface area contributed by atoms with Crippen LogP contribution in [0.4, 0.5) is 4.39 Å². The van der Waals surface area contributed by atoms with Crippen LogP contribution in [0.15, 0.2) is 61.7 Å². The van der Waals surface area contributed by atoms with Crippen molar-refractivity contribution in [3.63, 3.8) is 0 Å². The van der Waals surface area contributed by atoms with Crippen molar-refractivity contribution in [1.29, 1.82) is 0 Å². The molecule has 2 aromatic carbocycles. The Kier molecular flexibility index (Phi) is 11.1. The molecular formula is C29H43FO3S. The minimum atomic E-state index is -1.31. The third kappa shape index (κ3) is 7.21. The lowest BCUT2D eigenvalue weighted by Gasteiger charge is -2.43. The minimum Gasteiger partial charge on any atom is -0.497 e. The van der Waals surface area contributed by atoms with Crippen molar-refractivity contribution in [1.82, 2.24) is 0 Å². The molecule has 2 rings (SSSR count). The summed E-state index contributed by atoms with van der Waals surface area (Å²) in [6, 6.07) is 10.3. The number of halogens is 1. The van der Waals surface area contributed by atoms with E-state index in [-0.39, 0.29) is 10.6 Å². The molecule has 34 heavy (non-hydrogen) atoms. The normalized spacial score (nSPS) is 12.4. The average molecular weight is 491 g/mol. The highest BCUT2D eigenvalue weighted by Crippen LogP contribution is 2.54. The van der Waals surface area contributed by atoms with Gasteiger partial charge in [-0.15, -0.1) is 23.5 Å². The zero-order chi connectivity index (χ0) is 26.2. The fourth-order valence-corrected chi connectivity index (χ4v) is 4.10. The van der Waals surface area contributed by atoms with Gasteiger partial charge in [0.05, 0.1) is 19.3 Å². The molecule has 0 atom stereocenters. The maximum Gasteiger partial charge on any atom is 0.131 e. The second-order valence-electron chi connectivity index (χ2n) is 9.35. The number of benzene rings is 2. The Morgan fingerprint density at radius 3 is 2.06 bits per heavy atom. The summed E-state index contributed by atoms with van der Waals surface area (Å²) in [6.07, 6.45) is 8.26. The molecule has 3 nitrogen and oxygen atoms in total. The molecule has 0 saturated carbocycles. The van der Waals surface area contributed by atoms with Gasteiger partial charge in [-0.2, -0.15) is 0 Å². The van der Waals surface area contributed by atoms with Crippen LogP contribution in [0.2, 0.25) is 0 Å². The lowest BCUT2D eigenvalue weighted by atomic mass is 9.81. The average Bonchev–Trinajstić information content (AvgIpc) is 2.79. The van der Waals surface area contributed by atoms with Gasteiger partial charge in [0, 0.05) is 10.3 Å². The lowest BCUT2D eigenvalue weighted by molar-refractivity contribution is 0.0434. The number of rotatable bonds is 10. The molecule has 0 aliphatic heterocycles. The van der Waals surface area contributed by atoms with Gasteiger partial charge in [-0.1, -0.05) is 58.9 Å². The third-order valence-corrected chi connectivity index (χ3v) is 9.66. The van der Waals surface area contributed by atoms with Crippen LogP contribution >= 0.6 is 10.3 Å². The summed E-state index contributed by atoms with van der Waals surface area (Å²) >= 11 is 0. The molecule has 0 unspecified atom stereocenters. The van der Waals surface area contributed by atoms with Crippen molar-refractivity contribution in [3.05, 3.63) is 78.7 Å². The van der Waals surface area contributed by atoms with Crippen LogP contribution in [-0.4, -0.2) is 29.5 Å². The van der Waals surface area contributed by atoms with Crippen molar-refractivity contribution in [2.45, 2.75) is 64.4 Å². The van der Waals surface area contributed by atoms with Gasteiger partial charge >= 0.3 is 0 Å². The summed E-state index contributed by atoms with van der Waals surface area (Å²) in [5.74, 6) is 0.167. The van der Waals surface area contributed by atoms with Crippen LogP contribution in [0.1, 0.15) is 58.6 Å². The number of hydrogen-bond acceptors (Lipinski definition) is 3. The van der Waals surface area contributed by atoms with Gasteiger partial charge in [0.25, 0.3) is 0 Å². The van der Waals surface area contributed by atoms with Crippen LogP contribution < -0.4 is 4.74 Å². The Morgan fingerprint density at radius 1 is 0.971 bits per heavy atom. The van der Waals surface area contributed by atoms with E-state index in [0.717, 1.165) is 5.56 Å². The van der Waals surface area contributed by atoms with Crippen LogP contribution in [0.25, 0.3) is 11.1 Å². The van der Waals surface area contributed by atoms with E-state index in [1.54, 1.807) is 31.4 Å². The van der Waals surface area contributed by atoms with Crippen molar-refractivity contribution in [2.24, 2.45) is 0 Å². The van der Waals surface area contributed by atoms with Gasteiger partial charge in [0.15, 0.2) is 0 Å². The predicted octanol–water partition coefficient (Wildman–Crippen LogP) is 8.16. The molecule has 0 radical (unpaired) electrons. The van der Waals surface area contributed by atoms with Crippen molar-refractivity contribution < 1.29 is 18.4 Å². The maximum absolute atomic E-state index is 14.9. The van der Waals surface area contributed by atoms with Crippen molar-refractivity contribution >= 4 is 10.3 Å². The Labute approximate surface area is 208 Å². The molecule has 0 bridgehead atoms. The minimum absolute atomic E-state index is 0.0336. The van der Waals surface area contributed by atoms with E-state index in [0.29, 0.717) is 41.9 Å². The van der Waals surface area contributed by atoms with E-state index in [2.05, 4.69) is 46.4 Å². The summed E-state index contributed by atoms with van der Waals surface area (Å²) in [4.78, 5) is 0. The zero-order valence-electron chi connectivity index (χ0n) is 22.2. The van der Waals surface area contributed by atoms with Crippen molar-refractivity contribution in [2.75, 3.05) is 19.6 Å². The quantitative estimate of drug-likeness (QED) is 0.341. The first-order chi connectivity index (χ1) is 15.9. The van der Waals surface area contributed by atoms with E-state index in [4.69, 9.17) is 8.92 Å². The molecule has 0 amide bonds. The topological polar surface area (TPSA) is 38.7 Å². The first-order valence-corrected chi connectivity index (χ1v) is 14.0. The van der Waals surface area contributed by atoms with Crippen LogP contribution in [0, 0.1) is 5.82 Å². The SMILES string of the molecule is C=CCC(O)(CC=C)c1cc(COS(C)(C)C(C)(C)C)ccc1-c1cc(OC)ccc1F.CC. The molecule has 0 spiro atoms. The molecule has 0 heterocycles. The number of hydrogen-bond donors (Lipinski definition) is 1. The van der Waals surface area contributed by atoms with Gasteiger partial charge in [0.2, 0.25) is 0 Å². The monoisotopic (exact) mass is 490 g/mol. The highest BCUT2D eigenvalue weighted by atomic mass is 32.3. The Hall–Kier alpha value is -2.08. The fourth-order valence-electron chi connectivity index (χ4n) is 3.31. The second kappa shape index (κ2) is 12.6. The molecule has 0 aromatic heterocycles.